The Bertz CT molecular complexity index is 769. The largest absolute Gasteiger partial charge is 0.416 e. The van der Waals surface area contributed by atoms with E-state index in [0.717, 1.165) is 37.8 Å². The average Bonchev–Trinajstić information content (AvgIpc) is 3.09. The summed E-state index contributed by atoms with van der Waals surface area (Å²) in [6.07, 6.45) is 4.61. The first-order valence-corrected chi connectivity index (χ1v) is 15.3. The Morgan fingerprint density at radius 1 is 0.971 bits per heavy atom. The maximum atomic E-state index is 13.5. The van der Waals surface area contributed by atoms with E-state index in [0.29, 0.717) is 29.9 Å². The molecule has 1 aliphatic heterocycles. The van der Waals surface area contributed by atoms with Crippen molar-refractivity contribution in [3.63, 3.8) is 0 Å². The maximum Gasteiger partial charge on any atom is 0.335 e. The van der Waals surface area contributed by atoms with E-state index in [1.807, 2.05) is 6.07 Å². The van der Waals surface area contributed by atoms with Gasteiger partial charge in [0.1, 0.15) is 0 Å². The fraction of sp³-hybridized carbons (Fsp3) is 0.667. The number of aryl methyl sites for hydroxylation is 1. The van der Waals surface area contributed by atoms with Crippen LogP contribution in [0.25, 0.3) is 0 Å². The van der Waals surface area contributed by atoms with Gasteiger partial charge in [-0.1, -0.05) is 71.4 Å². The van der Waals surface area contributed by atoms with Crippen molar-refractivity contribution in [2.45, 2.75) is 97.2 Å². The van der Waals surface area contributed by atoms with E-state index in [4.69, 9.17) is 9.26 Å². The lowest BCUT2D eigenvalue weighted by atomic mass is 10.1. The second-order valence-electron chi connectivity index (χ2n) is 10.4. The van der Waals surface area contributed by atoms with Crippen LogP contribution in [0.1, 0.15) is 78.7 Å². The number of hydrogen-bond donors (Lipinski definition) is 0. The van der Waals surface area contributed by atoms with Crippen LogP contribution in [0, 0.1) is 11.8 Å². The summed E-state index contributed by atoms with van der Waals surface area (Å²) in [5.41, 5.74) is 0.917. The number of imide groups is 1. The van der Waals surface area contributed by atoms with Gasteiger partial charge >= 0.3 is 5.97 Å². The molecule has 1 aliphatic rings. The third-order valence-electron chi connectivity index (χ3n) is 6.28. The molecular weight excluding hydrogens is 446 g/mol. The molecule has 1 aromatic rings. The van der Waals surface area contributed by atoms with Crippen molar-refractivity contribution in [3.8, 4) is 0 Å². The number of carbonyl (C=O) groups is 3. The molecule has 7 heteroatoms. The third-order valence-corrected chi connectivity index (χ3v) is 11.9. The summed E-state index contributed by atoms with van der Waals surface area (Å²) in [6.45, 7) is 11.3. The Balaban J connectivity index is 2.18. The Labute approximate surface area is 206 Å². The summed E-state index contributed by atoms with van der Waals surface area (Å²) >= 11 is 0. The minimum absolute atomic E-state index is 0.100. The number of carbonyl (C=O) groups excluding carboxylic acids is 3. The van der Waals surface area contributed by atoms with Crippen LogP contribution in [0.2, 0.25) is 17.6 Å². The minimum atomic E-state index is -2.60. The quantitative estimate of drug-likeness (QED) is 0.170. The first-order chi connectivity index (χ1) is 16.2. The first-order valence-electron chi connectivity index (χ1n) is 12.9. The molecular formula is C27H43NO5Si. The van der Waals surface area contributed by atoms with E-state index in [1.54, 1.807) is 0 Å². The van der Waals surface area contributed by atoms with Crippen molar-refractivity contribution >= 4 is 26.1 Å². The van der Waals surface area contributed by atoms with E-state index in [2.05, 4.69) is 58.9 Å². The number of rotatable bonds is 15. The van der Waals surface area contributed by atoms with E-state index in [-0.39, 0.29) is 12.8 Å². The van der Waals surface area contributed by atoms with E-state index in [9.17, 15) is 14.4 Å². The van der Waals surface area contributed by atoms with Gasteiger partial charge in [-0.15, -0.1) is 5.06 Å². The van der Waals surface area contributed by atoms with Crippen LogP contribution in [-0.4, -0.2) is 37.8 Å². The zero-order valence-corrected chi connectivity index (χ0v) is 22.7. The lowest BCUT2D eigenvalue weighted by Gasteiger charge is -2.40. The summed E-state index contributed by atoms with van der Waals surface area (Å²) < 4.78 is 6.79. The van der Waals surface area contributed by atoms with Crippen molar-refractivity contribution in [1.82, 2.24) is 5.06 Å². The van der Waals surface area contributed by atoms with Gasteiger partial charge < -0.3 is 9.26 Å². The molecule has 6 nitrogen and oxygen atoms in total. The van der Waals surface area contributed by atoms with Gasteiger partial charge in [0.25, 0.3) is 11.8 Å². The highest BCUT2D eigenvalue weighted by Gasteiger charge is 2.49. The summed E-state index contributed by atoms with van der Waals surface area (Å²) in [6, 6.07) is 12.1. The summed E-state index contributed by atoms with van der Waals surface area (Å²) in [5, 5.41) is 0.689. The van der Waals surface area contributed by atoms with E-state index in [1.165, 1.54) is 5.56 Å². The second-order valence-corrected chi connectivity index (χ2v) is 14.3. The smallest absolute Gasteiger partial charge is 0.335 e. The van der Waals surface area contributed by atoms with Crippen LogP contribution in [0.4, 0.5) is 0 Å². The van der Waals surface area contributed by atoms with Gasteiger partial charge in [0, 0.05) is 19.4 Å². The fourth-order valence-electron chi connectivity index (χ4n) is 5.02. The van der Waals surface area contributed by atoms with Crippen LogP contribution in [0.15, 0.2) is 30.3 Å². The molecule has 1 fully saturated rings. The van der Waals surface area contributed by atoms with Crippen molar-refractivity contribution < 1.29 is 23.6 Å². The van der Waals surface area contributed by atoms with Gasteiger partial charge in [-0.3, -0.25) is 9.59 Å². The highest BCUT2D eigenvalue weighted by atomic mass is 28.4. The van der Waals surface area contributed by atoms with Crippen molar-refractivity contribution in [2.24, 2.45) is 11.8 Å². The molecule has 2 amide bonds. The molecule has 0 aromatic heterocycles. The lowest BCUT2D eigenvalue weighted by Crippen LogP contribution is -2.50. The number of unbranched alkanes of at least 4 members (excludes halogenated alkanes) is 1. The zero-order chi connectivity index (χ0) is 25.1. The van der Waals surface area contributed by atoms with Gasteiger partial charge in [0.05, 0.1) is 5.54 Å². The number of hydroxylamine groups is 2. The predicted octanol–water partition coefficient (Wildman–Crippen LogP) is 6.06. The standard InChI is InChI=1S/C27H43NO5Si/c1-6-12-24(27(31)33-28-25(29)16-17-26(28)30)34(19-21(2)3,20-22(4)5)32-18-11-10-15-23-13-8-7-9-14-23/h7-9,13-14,21-22,24H,6,10-12,15-20H2,1-5H3/t24-/m0/s1. The molecule has 0 saturated carbocycles. The number of amides is 2. The molecule has 34 heavy (non-hydrogen) atoms. The highest BCUT2D eigenvalue weighted by molar-refractivity contribution is 6.78. The Morgan fingerprint density at radius 2 is 1.56 bits per heavy atom. The number of hydrogen-bond acceptors (Lipinski definition) is 5. The van der Waals surface area contributed by atoms with E-state index >= 15 is 0 Å². The predicted molar refractivity (Wildman–Crippen MR) is 136 cm³/mol. The van der Waals surface area contributed by atoms with Gasteiger partial charge in [0.2, 0.25) is 8.32 Å². The second kappa shape index (κ2) is 13.8. The molecule has 1 atom stereocenters. The summed E-state index contributed by atoms with van der Waals surface area (Å²) in [7, 11) is -2.60. The van der Waals surface area contributed by atoms with Crippen LogP contribution < -0.4 is 0 Å². The topological polar surface area (TPSA) is 72.9 Å². The lowest BCUT2D eigenvalue weighted by molar-refractivity contribution is -0.197. The zero-order valence-electron chi connectivity index (χ0n) is 21.7. The fourth-order valence-corrected chi connectivity index (χ4v) is 10.8. The minimum Gasteiger partial charge on any atom is -0.416 e. The third kappa shape index (κ3) is 8.34. The molecule has 1 aromatic carbocycles. The van der Waals surface area contributed by atoms with Gasteiger partial charge in [-0.25, -0.2) is 4.79 Å². The highest BCUT2D eigenvalue weighted by Crippen LogP contribution is 2.41. The van der Waals surface area contributed by atoms with Crippen LogP contribution in [0.3, 0.4) is 0 Å². The molecule has 1 heterocycles. The van der Waals surface area contributed by atoms with Gasteiger partial charge in [0.15, 0.2) is 0 Å². The average molecular weight is 490 g/mol. The van der Waals surface area contributed by atoms with Gasteiger partial charge in [-0.05, 0) is 55.2 Å². The SMILES string of the molecule is CCC[C@@H](C(=O)ON1C(=O)CCC1=O)[Si](CC(C)C)(CC(C)C)OCCCCc1ccccc1. The maximum absolute atomic E-state index is 13.5. The van der Waals surface area contributed by atoms with Crippen LogP contribution in [-0.2, 0) is 30.1 Å². The molecule has 2 rings (SSSR count). The van der Waals surface area contributed by atoms with Crippen molar-refractivity contribution in [1.29, 1.82) is 0 Å². The van der Waals surface area contributed by atoms with Crippen molar-refractivity contribution in [3.05, 3.63) is 35.9 Å². The monoisotopic (exact) mass is 489 g/mol. The summed E-state index contributed by atoms with van der Waals surface area (Å²) in [5.74, 6) is -0.595. The molecule has 0 N–H and O–H groups in total. The Morgan fingerprint density at radius 3 is 2.09 bits per heavy atom. The molecule has 1 saturated heterocycles. The number of benzene rings is 1. The van der Waals surface area contributed by atoms with Crippen LogP contribution in [0.5, 0.6) is 0 Å². The van der Waals surface area contributed by atoms with Crippen LogP contribution >= 0.6 is 0 Å². The molecule has 0 unspecified atom stereocenters. The summed E-state index contributed by atoms with van der Waals surface area (Å²) in [4.78, 5) is 43.1. The van der Waals surface area contributed by atoms with Crippen molar-refractivity contribution in [2.75, 3.05) is 6.61 Å². The molecule has 0 bridgehead atoms. The Kier molecular flexibility index (Phi) is 11.5. The molecule has 0 aliphatic carbocycles. The van der Waals surface area contributed by atoms with Gasteiger partial charge in [-0.2, -0.15) is 0 Å². The van der Waals surface area contributed by atoms with E-state index < -0.39 is 31.6 Å². The normalized spacial score (nSPS) is 15.4. The molecule has 190 valence electrons. The Hall–Kier alpha value is -1.99. The molecule has 0 radical (unpaired) electrons. The number of nitrogens with zero attached hydrogens (tertiary/aromatic N) is 1. The molecule has 0 spiro atoms. The first kappa shape index (κ1) is 28.2.